The van der Waals surface area contributed by atoms with Crippen LogP contribution in [0.5, 0.6) is 0 Å². The number of amides is 1. The number of unbranched alkanes of at least 4 members (excludes halogenated alkanes) is 1. The van der Waals surface area contributed by atoms with Gasteiger partial charge in [0.2, 0.25) is 5.91 Å². The number of carbonyl (C=O) groups excluding carboxylic acids is 1. The maximum Gasteiger partial charge on any atom is 0.227 e. The number of hydrogen-bond donors (Lipinski definition) is 2. The maximum absolute atomic E-state index is 12.5. The van der Waals surface area contributed by atoms with E-state index in [1.54, 1.807) is 7.11 Å². The molecule has 1 amide bonds. The Bertz CT molecular complexity index is 273. The Labute approximate surface area is 129 Å². The number of carbonyl (C=O) groups is 1. The first kappa shape index (κ1) is 18.4. The van der Waals surface area contributed by atoms with Crippen molar-refractivity contribution < 1.29 is 14.3 Å². The van der Waals surface area contributed by atoms with E-state index in [1.165, 1.54) is 0 Å². The van der Waals surface area contributed by atoms with Crippen LogP contribution < -0.4 is 10.6 Å². The molecule has 0 aliphatic carbocycles. The molecule has 21 heavy (non-hydrogen) atoms. The lowest BCUT2D eigenvalue weighted by atomic mass is 9.76. The van der Waals surface area contributed by atoms with Crippen LogP contribution in [-0.4, -0.2) is 52.5 Å². The molecule has 5 heteroatoms. The van der Waals surface area contributed by atoms with E-state index in [4.69, 9.17) is 9.47 Å². The van der Waals surface area contributed by atoms with Crippen molar-refractivity contribution in [1.82, 2.24) is 10.6 Å². The Morgan fingerprint density at radius 3 is 2.81 bits per heavy atom. The molecule has 0 radical (unpaired) electrons. The fourth-order valence-electron chi connectivity index (χ4n) is 2.93. The topological polar surface area (TPSA) is 59.6 Å². The van der Waals surface area contributed by atoms with Crippen LogP contribution in [0.1, 0.15) is 45.4 Å². The van der Waals surface area contributed by atoms with Crippen molar-refractivity contribution in [2.75, 3.05) is 46.6 Å². The van der Waals surface area contributed by atoms with Crippen LogP contribution in [-0.2, 0) is 14.3 Å². The molecule has 1 fully saturated rings. The summed E-state index contributed by atoms with van der Waals surface area (Å²) in [5.41, 5.74) is -0.179. The van der Waals surface area contributed by atoms with E-state index >= 15 is 0 Å². The van der Waals surface area contributed by atoms with Crippen LogP contribution >= 0.6 is 0 Å². The van der Waals surface area contributed by atoms with Crippen LogP contribution in [0.3, 0.4) is 0 Å². The normalized spacial score (nSPS) is 22.2. The third kappa shape index (κ3) is 6.76. The lowest BCUT2D eigenvalue weighted by Gasteiger charge is -2.36. The van der Waals surface area contributed by atoms with Crippen molar-refractivity contribution in [3.63, 3.8) is 0 Å². The molecular weight excluding hydrogens is 268 g/mol. The van der Waals surface area contributed by atoms with E-state index in [2.05, 4.69) is 17.6 Å². The molecule has 0 saturated carbocycles. The number of piperidine rings is 1. The van der Waals surface area contributed by atoms with Crippen molar-refractivity contribution in [3.8, 4) is 0 Å². The van der Waals surface area contributed by atoms with Gasteiger partial charge in [-0.1, -0.05) is 13.3 Å². The van der Waals surface area contributed by atoms with Gasteiger partial charge in [0.05, 0.1) is 18.6 Å². The Morgan fingerprint density at radius 1 is 1.29 bits per heavy atom. The van der Waals surface area contributed by atoms with Crippen molar-refractivity contribution in [1.29, 1.82) is 0 Å². The number of methoxy groups -OCH3 is 1. The van der Waals surface area contributed by atoms with E-state index in [1.807, 2.05) is 0 Å². The summed E-state index contributed by atoms with van der Waals surface area (Å²) < 4.78 is 10.3. The number of hydrogen-bond acceptors (Lipinski definition) is 4. The third-order valence-electron chi connectivity index (χ3n) is 4.12. The van der Waals surface area contributed by atoms with E-state index < -0.39 is 0 Å². The summed E-state index contributed by atoms with van der Waals surface area (Å²) >= 11 is 0. The van der Waals surface area contributed by atoms with Gasteiger partial charge in [0.1, 0.15) is 0 Å². The Morgan fingerprint density at radius 2 is 2.14 bits per heavy atom. The molecule has 0 aromatic carbocycles. The summed E-state index contributed by atoms with van der Waals surface area (Å²) in [4.78, 5) is 12.5. The maximum atomic E-state index is 12.5. The van der Waals surface area contributed by atoms with Gasteiger partial charge in [-0.3, -0.25) is 4.79 Å². The second-order valence-corrected chi connectivity index (χ2v) is 5.88. The first-order valence-electron chi connectivity index (χ1n) is 8.31. The minimum Gasteiger partial charge on any atom is -0.382 e. The molecule has 1 heterocycles. The lowest BCUT2D eigenvalue weighted by Crippen LogP contribution is -2.50. The van der Waals surface area contributed by atoms with Crippen LogP contribution in [0, 0.1) is 5.41 Å². The molecule has 1 rings (SSSR count). The number of rotatable bonds is 11. The van der Waals surface area contributed by atoms with E-state index in [-0.39, 0.29) is 11.3 Å². The minimum atomic E-state index is -0.179. The van der Waals surface area contributed by atoms with E-state index in [0.717, 1.165) is 64.8 Å². The van der Waals surface area contributed by atoms with E-state index in [9.17, 15) is 4.79 Å². The standard InChI is InChI=1S/C16H32N2O3/c1-3-7-16(8-6-9-17-14-16)15(19)18-10-4-5-11-21-13-12-20-2/h17H,3-14H2,1-2H3,(H,18,19). The Balaban J connectivity index is 2.16. The highest BCUT2D eigenvalue weighted by Crippen LogP contribution is 2.31. The fourth-order valence-corrected chi connectivity index (χ4v) is 2.93. The van der Waals surface area contributed by atoms with Crippen molar-refractivity contribution in [3.05, 3.63) is 0 Å². The van der Waals surface area contributed by atoms with Gasteiger partial charge in [0.25, 0.3) is 0 Å². The Kier molecular flexibility index (Phi) is 9.63. The molecule has 0 aromatic rings. The smallest absolute Gasteiger partial charge is 0.227 e. The van der Waals surface area contributed by atoms with Crippen LogP contribution in [0.4, 0.5) is 0 Å². The zero-order chi connectivity index (χ0) is 15.4. The highest BCUT2D eigenvalue weighted by molar-refractivity contribution is 5.83. The fraction of sp³-hybridized carbons (Fsp3) is 0.938. The first-order valence-corrected chi connectivity index (χ1v) is 8.31. The molecule has 124 valence electrons. The third-order valence-corrected chi connectivity index (χ3v) is 4.12. The van der Waals surface area contributed by atoms with Gasteiger partial charge >= 0.3 is 0 Å². The molecule has 1 aliphatic heterocycles. The highest BCUT2D eigenvalue weighted by Gasteiger charge is 2.38. The summed E-state index contributed by atoms with van der Waals surface area (Å²) in [6.45, 7) is 6.79. The average Bonchev–Trinajstić information content (AvgIpc) is 2.51. The molecule has 1 atom stereocenters. The molecular formula is C16H32N2O3. The molecule has 0 spiro atoms. The van der Waals surface area contributed by atoms with Crippen molar-refractivity contribution >= 4 is 5.91 Å². The van der Waals surface area contributed by atoms with E-state index in [0.29, 0.717) is 13.2 Å². The molecule has 0 aromatic heterocycles. The molecule has 0 bridgehead atoms. The monoisotopic (exact) mass is 300 g/mol. The minimum absolute atomic E-state index is 0.179. The summed E-state index contributed by atoms with van der Waals surface area (Å²) in [5, 5.41) is 6.50. The van der Waals surface area contributed by atoms with Crippen molar-refractivity contribution in [2.24, 2.45) is 5.41 Å². The largest absolute Gasteiger partial charge is 0.382 e. The lowest BCUT2D eigenvalue weighted by molar-refractivity contribution is -0.132. The SMILES string of the molecule is CCCC1(C(=O)NCCCCOCCOC)CCCNC1. The molecule has 1 saturated heterocycles. The summed E-state index contributed by atoms with van der Waals surface area (Å²) in [7, 11) is 1.67. The van der Waals surface area contributed by atoms with Gasteiger partial charge in [-0.2, -0.15) is 0 Å². The second-order valence-electron chi connectivity index (χ2n) is 5.88. The van der Waals surface area contributed by atoms with Gasteiger partial charge in [-0.05, 0) is 38.6 Å². The van der Waals surface area contributed by atoms with Gasteiger partial charge in [0, 0.05) is 26.8 Å². The second kappa shape index (κ2) is 11.0. The predicted molar refractivity (Wildman–Crippen MR) is 84.4 cm³/mol. The quantitative estimate of drug-likeness (QED) is 0.570. The first-order chi connectivity index (χ1) is 10.2. The van der Waals surface area contributed by atoms with Gasteiger partial charge < -0.3 is 20.1 Å². The summed E-state index contributed by atoms with van der Waals surface area (Å²) in [6.07, 6.45) is 6.09. The Hall–Kier alpha value is -0.650. The van der Waals surface area contributed by atoms with Crippen LogP contribution in [0.15, 0.2) is 0 Å². The zero-order valence-electron chi connectivity index (χ0n) is 13.7. The average molecular weight is 300 g/mol. The van der Waals surface area contributed by atoms with Gasteiger partial charge in [-0.25, -0.2) is 0 Å². The number of nitrogens with one attached hydrogen (secondary N) is 2. The van der Waals surface area contributed by atoms with Crippen molar-refractivity contribution in [2.45, 2.75) is 45.4 Å². The number of ether oxygens (including phenoxy) is 2. The summed E-state index contributed by atoms with van der Waals surface area (Å²) in [5.74, 6) is 0.233. The van der Waals surface area contributed by atoms with Gasteiger partial charge in [-0.15, -0.1) is 0 Å². The molecule has 2 N–H and O–H groups in total. The van der Waals surface area contributed by atoms with Crippen LogP contribution in [0.25, 0.3) is 0 Å². The summed E-state index contributed by atoms with van der Waals surface area (Å²) in [6, 6.07) is 0. The van der Waals surface area contributed by atoms with Gasteiger partial charge in [0.15, 0.2) is 0 Å². The molecule has 1 unspecified atom stereocenters. The highest BCUT2D eigenvalue weighted by atomic mass is 16.5. The van der Waals surface area contributed by atoms with Crippen LogP contribution in [0.2, 0.25) is 0 Å². The predicted octanol–water partition coefficient (Wildman–Crippen LogP) is 1.72. The molecule has 5 nitrogen and oxygen atoms in total. The zero-order valence-corrected chi connectivity index (χ0v) is 13.7. The molecule has 1 aliphatic rings.